The Balaban J connectivity index is 1.41. The molecule has 4 nitrogen and oxygen atoms in total. The standard InChI is InChI=1S/C43H34N4/c1-43(2)22-17-30-27-39(47(32-11-7-4-8-12-32)34-20-25-45-26-21-34)35-15-13-29-14-16-38(36-28-37(43)41(30)42(35)40(29)36)46(31-9-5-3-6-10-31)33-18-23-44-24-19-33/h3-16,18-21,23-28H,17,22H2,1-2H3/i3D,4D. The minimum Gasteiger partial charge on any atom is -0.310 e. The van der Waals surface area contributed by atoms with Crippen molar-refractivity contribution in [3.63, 3.8) is 0 Å². The Hall–Kier alpha value is -5.74. The van der Waals surface area contributed by atoms with E-state index in [4.69, 9.17) is 2.74 Å². The minimum atomic E-state index is -0.0163. The highest BCUT2D eigenvalue weighted by Crippen LogP contribution is 2.53. The van der Waals surface area contributed by atoms with Gasteiger partial charge in [-0.2, -0.15) is 0 Å². The smallest absolute Gasteiger partial charge is 0.0623 e. The van der Waals surface area contributed by atoms with Crippen molar-refractivity contribution in [1.82, 2.24) is 9.97 Å². The van der Waals surface area contributed by atoms with E-state index in [1.54, 1.807) is 0 Å². The van der Waals surface area contributed by atoms with Crippen molar-refractivity contribution in [2.45, 2.75) is 32.1 Å². The molecular weight excluding hydrogens is 573 g/mol. The predicted molar refractivity (Wildman–Crippen MR) is 196 cm³/mol. The second-order valence-electron chi connectivity index (χ2n) is 13.1. The molecule has 0 fully saturated rings. The monoisotopic (exact) mass is 608 g/mol. The van der Waals surface area contributed by atoms with Crippen molar-refractivity contribution in [2.75, 3.05) is 9.80 Å². The van der Waals surface area contributed by atoms with Gasteiger partial charge in [0.1, 0.15) is 0 Å². The van der Waals surface area contributed by atoms with Gasteiger partial charge < -0.3 is 9.80 Å². The molecule has 0 radical (unpaired) electrons. The normalized spacial score (nSPS) is 14.3. The molecule has 0 unspecified atom stereocenters. The molecule has 2 heterocycles. The van der Waals surface area contributed by atoms with Crippen LogP contribution in [0.1, 0.15) is 34.1 Å². The zero-order valence-corrected chi connectivity index (χ0v) is 26.4. The number of aromatic nitrogens is 2. The van der Waals surface area contributed by atoms with Crippen LogP contribution in [0.5, 0.6) is 0 Å². The number of benzene rings is 6. The zero-order chi connectivity index (χ0) is 33.3. The number of rotatable bonds is 6. The van der Waals surface area contributed by atoms with E-state index in [2.05, 4.69) is 82.1 Å². The molecule has 226 valence electrons. The summed E-state index contributed by atoms with van der Waals surface area (Å²) in [5, 5.41) is 7.50. The van der Waals surface area contributed by atoms with Crippen LogP contribution in [-0.4, -0.2) is 9.97 Å². The van der Waals surface area contributed by atoms with Crippen LogP contribution in [0.2, 0.25) is 0 Å². The third-order valence-corrected chi connectivity index (χ3v) is 9.91. The first kappa shape index (κ1) is 25.5. The fraction of sp³-hybridized carbons (Fsp3) is 0.116. The Morgan fingerprint density at radius 1 is 0.574 bits per heavy atom. The number of para-hydroxylation sites is 2. The summed E-state index contributed by atoms with van der Waals surface area (Å²) in [5.74, 6) is 0. The van der Waals surface area contributed by atoms with Crippen molar-refractivity contribution in [3.05, 3.63) is 157 Å². The maximum atomic E-state index is 8.19. The lowest BCUT2D eigenvalue weighted by molar-refractivity contribution is 0.475. The maximum absolute atomic E-state index is 8.19. The number of hydrogen-bond acceptors (Lipinski definition) is 4. The molecule has 0 saturated heterocycles. The molecular formula is C43H34N4. The molecule has 8 aromatic rings. The molecule has 0 aliphatic heterocycles. The predicted octanol–water partition coefficient (Wildman–Crippen LogP) is 11.5. The Morgan fingerprint density at radius 3 is 1.74 bits per heavy atom. The molecule has 1 aliphatic carbocycles. The minimum absolute atomic E-state index is 0.0163. The fourth-order valence-corrected chi connectivity index (χ4v) is 7.64. The van der Waals surface area contributed by atoms with Crippen LogP contribution in [0.15, 0.2) is 146 Å². The first-order valence-corrected chi connectivity index (χ1v) is 16.2. The molecule has 0 N–H and O–H groups in total. The number of nitrogens with zero attached hydrogens (tertiary/aromatic N) is 4. The Morgan fingerprint density at radius 2 is 1.13 bits per heavy atom. The first-order chi connectivity index (χ1) is 23.9. The molecule has 9 rings (SSSR count). The van der Waals surface area contributed by atoms with Gasteiger partial charge >= 0.3 is 0 Å². The van der Waals surface area contributed by atoms with Crippen molar-refractivity contribution in [3.8, 4) is 0 Å². The molecule has 1 aliphatic rings. The van der Waals surface area contributed by atoms with Crippen molar-refractivity contribution in [1.29, 1.82) is 0 Å². The Labute approximate surface area is 277 Å². The van der Waals surface area contributed by atoms with Crippen LogP contribution in [0.4, 0.5) is 34.1 Å². The molecule has 0 bridgehead atoms. The van der Waals surface area contributed by atoms with E-state index in [9.17, 15) is 0 Å². The van der Waals surface area contributed by atoms with E-state index in [1.165, 1.54) is 43.4 Å². The molecule has 4 heteroatoms. The summed E-state index contributed by atoms with van der Waals surface area (Å²) >= 11 is 0. The van der Waals surface area contributed by atoms with Crippen LogP contribution in [0.25, 0.3) is 32.3 Å². The Bertz CT molecular complexity index is 2480. The quantitative estimate of drug-likeness (QED) is 0.176. The number of hydrogen-bond donors (Lipinski definition) is 0. The van der Waals surface area contributed by atoms with Crippen molar-refractivity contribution >= 4 is 66.4 Å². The van der Waals surface area contributed by atoms with Crippen molar-refractivity contribution in [2.24, 2.45) is 0 Å². The number of aryl methyl sites for hydroxylation is 1. The van der Waals surface area contributed by atoms with Crippen LogP contribution in [0.3, 0.4) is 0 Å². The van der Waals surface area contributed by atoms with Gasteiger partial charge in [-0.3, -0.25) is 9.97 Å². The first-order valence-electron chi connectivity index (χ1n) is 17.2. The third kappa shape index (κ3) is 4.36. The van der Waals surface area contributed by atoms with E-state index in [0.717, 1.165) is 47.0 Å². The highest BCUT2D eigenvalue weighted by molar-refractivity contribution is 6.29. The van der Waals surface area contributed by atoms with E-state index in [-0.39, 0.29) is 5.41 Å². The van der Waals surface area contributed by atoms with Crippen molar-refractivity contribution < 1.29 is 2.74 Å². The topological polar surface area (TPSA) is 32.3 Å². The van der Waals surface area contributed by atoms with Gasteiger partial charge in [0.2, 0.25) is 0 Å². The van der Waals surface area contributed by atoms with Crippen LogP contribution in [0, 0.1) is 0 Å². The SMILES string of the molecule is [2H]c1ccc(N(c2ccncc2)c2ccc3ccc4c(N(c5ccncc5)c5ccc([2H])cc5)cc5c6c(cc2c3c46)C(C)(C)CC5)cc1. The second kappa shape index (κ2) is 10.7. The van der Waals surface area contributed by atoms with Crippen LogP contribution >= 0.6 is 0 Å². The zero-order valence-electron chi connectivity index (χ0n) is 28.4. The van der Waals surface area contributed by atoms with Gasteiger partial charge in [0.25, 0.3) is 0 Å². The molecule has 0 saturated carbocycles. The maximum Gasteiger partial charge on any atom is 0.0623 e. The fourth-order valence-electron chi connectivity index (χ4n) is 7.64. The average Bonchev–Trinajstić information content (AvgIpc) is 3.13. The summed E-state index contributed by atoms with van der Waals surface area (Å²) in [4.78, 5) is 13.3. The lowest BCUT2D eigenvalue weighted by Crippen LogP contribution is -2.24. The summed E-state index contributed by atoms with van der Waals surface area (Å²) in [7, 11) is 0. The van der Waals surface area contributed by atoms with Gasteiger partial charge in [0, 0.05) is 63.7 Å². The average molecular weight is 609 g/mol. The molecule has 6 aromatic carbocycles. The largest absolute Gasteiger partial charge is 0.310 e. The van der Waals surface area contributed by atoms with E-state index < -0.39 is 0 Å². The molecule has 0 atom stereocenters. The summed E-state index contributed by atoms with van der Waals surface area (Å²) in [6, 6.07) is 38.6. The lowest BCUT2D eigenvalue weighted by Gasteiger charge is -2.36. The van der Waals surface area contributed by atoms with Gasteiger partial charge in [-0.15, -0.1) is 0 Å². The molecule has 47 heavy (non-hydrogen) atoms. The molecule has 0 amide bonds. The lowest BCUT2D eigenvalue weighted by atomic mass is 9.70. The highest BCUT2D eigenvalue weighted by atomic mass is 15.2. The summed E-state index contributed by atoms with van der Waals surface area (Å²) in [6.45, 7) is 4.77. The van der Waals surface area contributed by atoms with E-state index in [1.807, 2.05) is 85.5 Å². The molecule has 2 aromatic heterocycles. The third-order valence-electron chi connectivity index (χ3n) is 9.91. The highest BCUT2D eigenvalue weighted by Gasteiger charge is 2.33. The van der Waals surface area contributed by atoms with Gasteiger partial charge in [-0.05, 0) is 112 Å². The number of pyridine rings is 2. The van der Waals surface area contributed by atoms with Gasteiger partial charge in [-0.1, -0.05) is 68.4 Å². The number of anilines is 6. The summed E-state index contributed by atoms with van der Waals surface area (Å²) in [5.41, 5.74) is 8.97. The van der Waals surface area contributed by atoms with E-state index >= 15 is 0 Å². The van der Waals surface area contributed by atoms with Crippen LogP contribution < -0.4 is 9.80 Å². The second-order valence-corrected chi connectivity index (χ2v) is 13.1. The summed E-state index contributed by atoms with van der Waals surface area (Å²) in [6.07, 6.45) is 9.40. The Kier molecular flexibility index (Phi) is 5.78. The van der Waals surface area contributed by atoms with Gasteiger partial charge in [0.15, 0.2) is 0 Å². The van der Waals surface area contributed by atoms with Gasteiger partial charge in [-0.25, -0.2) is 0 Å². The summed E-state index contributed by atoms with van der Waals surface area (Å²) < 4.78 is 16.4. The van der Waals surface area contributed by atoms with Crippen LogP contribution in [-0.2, 0) is 11.8 Å². The van der Waals surface area contributed by atoms with E-state index in [0.29, 0.717) is 12.1 Å². The molecule has 0 spiro atoms. The van der Waals surface area contributed by atoms with Gasteiger partial charge in [0.05, 0.1) is 14.1 Å².